The largest absolute Gasteiger partial charge is 0.493 e. The Morgan fingerprint density at radius 1 is 1.06 bits per heavy atom. The molecule has 1 atom stereocenters. The minimum atomic E-state index is -0.282. The Bertz CT molecular complexity index is 425. The summed E-state index contributed by atoms with van der Waals surface area (Å²) in [5.41, 5.74) is 0. The molecule has 0 saturated heterocycles. The zero-order valence-corrected chi connectivity index (χ0v) is 11.1. The van der Waals surface area contributed by atoms with Gasteiger partial charge in [0.25, 0.3) is 0 Å². The minimum absolute atomic E-state index is 0.282. The predicted octanol–water partition coefficient (Wildman–Crippen LogP) is 3.51. The molecule has 0 radical (unpaired) electrons. The molecular weight excluding hydrogens is 244 g/mol. The van der Waals surface area contributed by atoms with Crippen LogP contribution in [0.1, 0.15) is 17.7 Å². The van der Waals surface area contributed by atoms with E-state index in [0.717, 1.165) is 18.6 Å². The molecule has 0 bridgehead atoms. The van der Waals surface area contributed by atoms with Crippen LogP contribution in [0.5, 0.6) is 5.75 Å². The molecule has 0 fully saturated rings. The SMILES string of the molecule is OC(CCOc1ccccc1)CCc1cccs1. The molecular formula is C15H18O2S. The van der Waals surface area contributed by atoms with Crippen LogP contribution in [-0.2, 0) is 6.42 Å². The van der Waals surface area contributed by atoms with E-state index in [4.69, 9.17) is 4.74 Å². The molecule has 0 spiro atoms. The molecule has 0 aliphatic carbocycles. The molecule has 1 aromatic heterocycles. The van der Waals surface area contributed by atoms with Crippen LogP contribution < -0.4 is 4.74 Å². The van der Waals surface area contributed by atoms with Gasteiger partial charge in [-0.3, -0.25) is 0 Å². The first-order valence-corrected chi connectivity index (χ1v) is 7.11. The Morgan fingerprint density at radius 3 is 2.61 bits per heavy atom. The topological polar surface area (TPSA) is 29.5 Å². The lowest BCUT2D eigenvalue weighted by Crippen LogP contribution is -2.12. The summed E-state index contributed by atoms with van der Waals surface area (Å²) >= 11 is 1.74. The highest BCUT2D eigenvalue weighted by molar-refractivity contribution is 7.09. The van der Waals surface area contributed by atoms with E-state index in [9.17, 15) is 5.11 Å². The van der Waals surface area contributed by atoms with Gasteiger partial charge in [0.05, 0.1) is 12.7 Å². The Hall–Kier alpha value is -1.32. The van der Waals surface area contributed by atoms with Gasteiger partial charge in [0.15, 0.2) is 0 Å². The van der Waals surface area contributed by atoms with Crippen molar-refractivity contribution >= 4 is 11.3 Å². The molecule has 96 valence electrons. The number of aryl methyl sites for hydroxylation is 1. The molecule has 0 aliphatic heterocycles. The summed E-state index contributed by atoms with van der Waals surface area (Å²) in [6, 6.07) is 13.9. The maximum absolute atomic E-state index is 9.85. The van der Waals surface area contributed by atoms with Crippen molar-refractivity contribution in [2.45, 2.75) is 25.4 Å². The highest BCUT2D eigenvalue weighted by Crippen LogP contribution is 2.14. The molecule has 18 heavy (non-hydrogen) atoms. The maximum Gasteiger partial charge on any atom is 0.119 e. The highest BCUT2D eigenvalue weighted by atomic mass is 32.1. The second-order valence-electron chi connectivity index (χ2n) is 4.22. The summed E-state index contributed by atoms with van der Waals surface area (Å²) in [6.45, 7) is 0.565. The molecule has 2 nitrogen and oxygen atoms in total. The molecule has 0 amide bonds. The minimum Gasteiger partial charge on any atom is -0.493 e. The number of aliphatic hydroxyl groups excluding tert-OH is 1. The number of para-hydroxylation sites is 1. The predicted molar refractivity (Wildman–Crippen MR) is 75.2 cm³/mol. The lowest BCUT2D eigenvalue weighted by Gasteiger charge is -2.11. The van der Waals surface area contributed by atoms with E-state index in [1.807, 2.05) is 36.4 Å². The molecule has 0 aliphatic rings. The second kappa shape index (κ2) is 7.19. The quantitative estimate of drug-likeness (QED) is 0.827. The first kappa shape index (κ1) is 13.1. The summed E-state index contributed by atoms with van der Waals surface area (Å²) in [4.78, 5) is 1.33. The zero-order valence-electron chi connectivity index (χ0n) is 10.3. The van der Waals surface area contributed by atoms with E-state index in [2.05, 4.69) is 11.4 Å². The van der Waals surface area contributed by atoms with Crippen LogP contribution in [0.4, 0.5) is 0 Å². The third-order valence-electron chi connectivity index (χ3n) is 2.77. The van der Waals surface area contributed by atoms with Gasteiger partial charge in [0, 0.05) is 11.3 Å². The van der Waals surface area contributed by atoms with E-state index < -0.39 is 0 Å². The van der Waals surface area contributed by atoms with Gasteiger partial charge in [-0.15, -0.1) is 11.3 Å². The Morgan fingerprint density at radius 2 is 1.89 bits per heavy atom. The van der Waals surface area contributed by atoms with Crippen LogP contribution in [0.15, 0.2) is 47.8 Å². The maximum atomic E-state index is 9.85. The average molecular weight is 262 g/mol. The number of thiophene rings is 1. The van der Waals surface area contributed by atoms with Gasteiger partial charge in [0.2, 0.25) is 0 Å². The first-order valence-electron chi connectivity index (χ1n) is 6.23. The molecule has 1 N–H and O–H groups in total. The third kappa shape index (κ3) is 4.51. The number of rotatable bonds is 7. The normalized spacial score (nSPS) is 12.3. The smallest absolute Gasteiger partial charge is 0.119 e. The number of hydrogen-bond donors (Lipinski definition) is 1. The summed E-state index contributed by atoms with van der Waals surface area (Å²) in [6.07, 6.45) is 2.15. The van der Waals surface area contributed by atoms with Crippen LogP contribution in [0.2, 0.25) is 0 Å². The van der Waals surface area contributed by atoms with Crippen molar-refractivity contribution in [2.75, 3.05) is 6.61 Å². The van der Waals surface area contributed by atoms with E-state index in [0.29, 0.717) is 13.0 Å². The van der Waals surface area contributed by atoms with Crippen molar-refractivity contribution < 1.29 is 9.84 Å². The Balaban J connectivity index is 1.61. The number of hydrogen-bond acceptors (Lipinski definition) is 3. The van der Waals surface area contributed by atoms with Crippen molar-refractivity contribution in [3.63, 3.8) is 0 Å². The average Bonchev–Trinajstić information content (AvgIpc) is 2.91. The van der Waals surface area contributed by atoms with Crippen LogP contribution in [-0.4, -0.2) is 17.8 Å². The van der Waals surface area contributed by atoms with Crippen LogP contribution >= 0.6 is 11.3 Å². The van der Waals surface area contributed by atoms with Crippen molar-refractivity contribution in [3.05, 3.63) is 52.7 Å². The van der Waals surface area contributed by atoms with Crippen molar-refractivity contribution in [1.29, 1.82) is 0 Å². The molecule has 1 aromatic carbocycles. The highest BCUT2D eigenvalue weighted by Gasteiger charge is 2.05. The van der Waals surface area contributed by atoms with Gasteiger partial charge in [0.1, 0.15) is 5.75 Å². The summed E-state index contributed by atoms with van der Waals surface area (Å²) in [5.74, 6) is 0.864. The summed E-state index contributed by atoms with van der Waals surface area (Å²) < 4.78 is 5.56. The fourth-order valence-electron chi connectivity index (χ4n) is 1.74. The lowest BCUT2D eigenvalue weighted by molar-refractivity contribution is 0.131. The van der Waals surface area contributed by atoms with Crippen molar-refractivity contribution in [3.8, 4) is 5.75 Å². The molecule has 2 rings (SSSR count). The van der Waals surface area contributed by atoms with Crippen molar-refractivity contribution in [2.24, 2.45) is 0 Å². The first-order chi connectivity index (χ1) is 8.84. The molecule has 0 saturated carbocycles. The fourth-order valence-corrected chi connectivity index (χ4v) is 2.46. The third-order valence-corrected chi connectivity index (χ3v) is 3.70. The van der Waals surface area contributed by atoms with Crippen molar-refractivity contribution in [1.82, 2.24) is 0 Å². The van der Waals surface area contributed by atoms with Gasteiger partial charge in [-0.1, -0.05) is 24.3 Å². The van der Waals surface area contributed by atoms with Gasteiger partial charge in [-0.05, 0) is 36.4 Å². The number of benzene rings is 1. The van der Waals surface area contributed by atoms with Crippen LogP contribution in [0.3, 0.4) is 0 Å². The van der Waals surface area contributed by atoms with E-state index in [1.165, 1.54) is 4.88 Å². The number of ether oxygens (including phenoxy) is 1. The van der Waals surface area contributed by atoms with Crippen LogP contribution in [0.25, 0.3) is 0 Å². The van der Waals surface area contributed by atoms with Gasteiger partial charge < -0.3 is 9.84 Å². The standard InChI is InChI=1S/C15H18O2S/c16-13(8-9-15-7-4-12-18-15)10-11-17-14-5-2-1-3-6-14/h1-7,12-13,16H,8-11H2. The summed E-state index contributed by atoms with van der Waals surface area (Å²) in [7, 11) is 0. The zero-order chi connectivity index (χ0) is 12.6. The lowest BCUT2D eigenvalue weighted by atomic mass is 10.1. The Kier molecular flexibility index (Phi) is 5.24. The fraction of sp³-hybridized carbons (Fsp3) is 0.333. The monoisotopic (exact) mass is 262 g/mol. The van der Waals surface area contributed by atoms with Gasteiger partial charge in [-0.2, -0.15) is 0 Å². The number of aliphatic hydroxyl groups is 1. The summed E-state index contributed by atoms with van der Waals surface area (Å²) in [5, 5.41) is 11.9. The molecule has 1 heterocycles. The Labute approximate surface area is 112 Å². The molecule has 1 unspecified atom stereocenters. The van der Waals surface area contributed by atoms with Crippen LogP contribution in [0, 0.1) is 0 Å². The van der Waals surface area contributed by atoms with Gasteiger partial charge >= 0.3 is 0 Å². The molecule has 3 heteroatoms. The van der Waals surface area contributed by atoms with E-state index in [1.54, 1.807) is 11.3 Å². The van der Waals surface area contributed by atoms with E-state index in [-0.39, 0.29) is 6.10 Å². The molecule has 2 aromatic rings. The van der Waals surface area contributed by atoms with Gasteiger partial charge in [-0.25, -0.2) is 0 Å². The second-order valence-corrected chi connectivity index (χ2v) is 5.25. The van der Waals surface area contributed by atoms with E-state index >= 15 is 0 Å².